The van der Waals surface area contributed by atoms with Gasteiger partial charge in [-0.1, -0.05) is 6.92 Å². The van der Waals surface area contributed by atoms with E-state index in [1.54, 1.807) is 13.0 Å². The number of nitrogens with one attached hydrogen (secondary N) is 4. The van der Waals surface area contributed by atoms with Gasteiger partial charge >= 0.3 is 12.0 Å². The lowest BCUT2D eigenvalue weighted by atomic mass is 10.1. The second-order valence-corrected chi connectivity index (χ2v) is 3.88. The Morgan fingerprint density at radius 2 is 1.77 bits per heavy atom. The lowest BCUT2D eigenvalue weighted by Gasteiger charge is -2.11. The smallest absolute Gasteiger partial charge is 0.322 e. The Kier molecular flexibility index (Phi) is 8.39. The number of aliphatic carboxylic acids is 1. The van der Waals surface area contributed by atoms with Crippen LogP contribution >= 0.6 is 0 Å². The Balaban J connectivity index is 4.83. The number of carboxylic acid groups (broad SMARTS) is 1. The average Bonchev–Trinajstić information content (AvgIpc) is 2.48. The van der Waals surface area contributed by atoms with Gasteiger partial charge in [-0.3, -0.25) is 19.7 Å². The third kappa shape index (κ3) is 6.90. The molecule has 0 atom stereocenters. The molecule has 0 bridgehead atoms. The van der Waals surface area contributed by atoms with E-state index in [9.17, 15) is 19.2 Å². The lowest BCUT2D eigenvalue weighted by molar-refractivity contribution is -0.137. The molecule has 0 saturated carbocycles. The van der Waals surface area contributed by atoms with Crippen LogP contribution in [0.15, 0.2) is 11.3 Å². The Bertz CT molecular complexity index is 535. The molecular formula is C12H17N5O5. The zero-order chi connectivity index (χ0) is 17.1. The van der Waals surface area contributed by atoms with E-state index in [4.69, 9.17) is 10.4 Å². The second-order valence-electron chi connectivity index (χ2n) is 3.88. The van der Waals surface area contributed by atoms with Gasteiger partial charge in [0.25, 0.3) is 5.91 Å². The number of hydrogen-bond acceptors (Lipinski definition) is 6. The Morgan fingerprint density at radius 1 is 1.14 bits per heavy atom. The van der Waals surface area contributed by atoms with E-state index < -0.39 is 30.4 Å². The van der Waals surface area contributed by atoms with Crippen molar-refractivity contribution < 1.29 is 24.3 Å². The van der Waals surface area contributed by atoms with Crippen LogP contribution in [0.3, 0.4) is 0 Å². The van der Waals surface area contributed by atoms with E-state index >= 15 is 0 Å². The van der Waals surface area contributed by atoms with Gasteiger partial charge in [-0.2, -0.15) is 5.26 Å². The van der Waals surface area contributed by atoms with Crippen molar-refractivity contribution in [3.8, 4) is 6.07 Å². The number of carboxylic acids is 1. The number of imide groups is 1. The van der Waals surface area contributed by atoms with Crippen molar-refractivity contribution in [2.75, 3.05) is 20.1 Å². The molecule has 0 rings (SSSR count). The molecular weight excluding hydrogens is 294 g/mol. The molecule has 22 heavy (non-hydrogen) atoms. The summed E-state index contributed by atoms with van der Waals surface area (Å²) in [4.78, 5) is 44.4. The van der Waals surface area contributed by atoms with Crippen molar-refractivity contribution >= 4 is 23.8 Å². The maximum Gasteiger partial charge on any atom is 0.322 e. The molecule has 10 heteroatoms. The van der Waals surface area contributed by atoms with Gasteiger partial charge < -0.3 is 21.1 Å². The molecule has 0 aliphatic rings. The zero-order valence-corrected chi connectivity index (χ0v) is 12.1. The second kappa shape index (κ2) is 9.76. The number of allylic oxidation sites excluding steroid dienone is 1. The largest absolute Gasteiger partial charge is 0.480 e. The average molecular weight is 311 g/mol. The number of amides is 4. The summed E-state index contributed by atoms with van der Waals surface area (Å²) in [5.74, 6) is -2.71. The fourth-order valence-corrected chi connectivity index (χ4v) is 1.30. The Hall–Kier alpha value is -3.09. The molecule has 0 aliphatic carbocycles. The molecule has 0 aromatic carbocycles. The Morgan fingerprint density at radius 3 is 2.23 bits per heavy atom. The fraction of sp³-hybridized carbons (Fsp3) is 0.417. The summed E-state index contributed by atoms with van der Waals surface area (Å²) in [5, 5.41) is 26.2. The molecule has 10 nitrogen and oxygen atoms in total. The van der Waals surface area contributed by atoms with E-state index in [2.05, 4.69) is 16.0 Å². The number of nitriles is 1. The summed E-state index contributed by atoms with van der Waals surface area (Å²) in [6.07, 6.45) is 0.232. The molecule has 0 spiro atoms. The number of urea groups is 1. The highest BCUT2D eigenvalue weighted by atomic mass is 16.4. The van der Waals surface area contributed by atoms with Crippen LogP contribution in [-0.4, -0.2) is 49.1 Å². The molecule has 0 aromatic heterocycles. The predicted octanol–water partition coefficient (Wildman–Crippen LogP) is -1.58. The molecule has 4 amide bonds. The minimum atomic E-state index is -1.19. The SMILES string of the molecule is CCC(NCC(=O)NCC(=O)O)=C(C#N)C(=O)NC(=O)NC. The first-order valence-corrected chi connectivity index (χ1v) is 6.24. The van der Waals surface area contributed by atoms with Gasteiger partial charge in [0, 0.05) is 12.7 Å². The summed E-state index contributed by atoms with van der Waals surface area (Å²) in [7, 11) is 1.31. The van der Waals surface area contributed by atoms with Crippen molar-refractivity contribution in [1.82, 2.24) is 21.3 Å². The summed E-state index contributed by atoms with van der Waals surface area (Å²) in [6.45, 7) is 0.796. The molecule has 0 radical (unpaired) electrons. The molecule has 0 heterocycles. The van der Waals surface area contributed by atoms with Crippen molar-refractivity contribution in [1.29, 1.82) is 5.26 Å². The topological polar surface area (TPSA) is 160 Å². The summed E-state index contributed by atoms with van der Waals surface area (Å²) in [6, 6.07) is 0.885. The maximum atomic E-state index is 11.7. The lowest BCUT2D eigenvalue weighted by Crippen LogP contribution is -2.40. The van der Waals surface area contributed by atoms with Crippen LogP contribution in [0.5, 0.6) is 0 Å². The van der Waals surface area contributed by atoms with Gasteiger partial charge in [-0.05, 0) is 6.42 Å². The van der Waals surface area contributed by atoms with Gasteiger partial charge in [-0.15, -0.1) is 0 Å². The number of carbonyl (C=O) groups excluding carboxylic acids is 3. The maximum absolute atomic E-state index is 11.7. The number of nitrogens with zero attached hydrogens (tertiary/aromatic N) is 1. The monoisotopic (exact) mass is 311 g/mol. The van der Waals surface area contributed by atoms with Crippen LogP contribution in [0, 0.1) is 11.3 Å². The van der Waals surface area contributed by atoms with Crippen LogP contribution in [0.2, 0.25) is 0 Å². The van der Waals surface area contributed by atoms with Gasteiger partial charge in [0.2, 0.25) is 5.91 Å². The summed E-state index contributed by atoms with van der Waals surface area (Å²) >= 11 is 0. The predicted molar refractivity (Wildman–Crippen MR) is 74.2 cm³/mol. The van der Waals surface area contributed by atoms with Crippen molar-refractivity contribution in [3.63, 3.8) is 0 Å². The number of rotatable bonds is 7. The van der Waals surface area contributed by atoms with E-state index in [1.807, 2.05) is 5.32 Å². The van der Waals surface area contributed by atoms with Gasteiger partial charge in [0.15, 0.2) is 0 Å². The quantitative estimate of drug-likeness (QED) is 0.280. The number of hydrogen-bond donors (Lipinski definition) is 5. The third-order valence-electron chi connectivity index (χ3n) is 2.35. The van der Waals surface area contributed by atoms with E-state index in [0.29, 0.717) is 0 Å². The fourth-order valence-electron chi connectivity index (χ4n) is 1.30. The highest BCUT2D eigenvalue weighted by molar-refractivity contribution is 6.06. The van der Waals surface area contributed by atoms with Crippen LogP contribution in [0.25, 0.3) is 0 Å². The van der Waals surface area contributed by atoms with Gasteiger partial charge in [0.1, 0.15) is 18.2 Å². The van der Waals surface area contributed by atoms with Gasteiger partial charge in [-0.25, -0.2) is 4.79 Å². The molecule has 120 valence electrons. The minimum absolute atomic E-state index is 0.161. The third-order valence-corrected chi connectivity index (χ3v) is 2.35. The minimum Gasteiger partial charge on any atom is -0.480 e. The first-order valence-electron chi connectivity index (χ1n) is 6.24. The molecule has 0 fully saturated rings. The van der Waals surface area contributed by atoms with Gasteiger partial charge in [0.05, 0.1) is 6.54 Å². The van der Waals surface area contributed by atoms with Crippen LogP contribution in [-0.2, 0) is 14.4 Å². The van der Waals surface area contributed by atoms with E-state index in [0.717, 1.165) is 0 Å². The van der Waals surface area contributed by atoms with E-state index in [-0.39, 0.29) is 24.2 Å². The normalized spacial score (nSPS) is 10.6. The highest BCUT2D eigenvalue weighted by Gasteiger charge is 2.17. The zero-order valence-electron chi connectivity index (χ0n) is 12.1. The molecule has 0 unspecified atom stereocenters. The van der Waals surface area contributed by atoms with Crippen molar-refractivity contribution in [3.05, 3.63) is 11.3 Å². The highest BCUT2D eigenvalue weighted by Crippen LogP contribution is 2.05. The summed E-state index contributed by atoms with van der Waals surface area (Å²) < 4.78 is 0. The molecule has 0 saturated heterocycles. The van der Waals surface area contributed by atoms with Crippen LogP contribution in [0.4, 0.5) is 4.79 Å². The molecule has 0 aliphatic heterocycles. The van der Waals surface area contributed by atoms with Crippen molar-refractivity contribution in [2.45, 2.75) is 13.3 Å². The molecule has 5 N–H and O–H groups in total. The van der Waals surface area contributed by atoms with Crippen molar-refractivity contribution in [2.24, 2.45) is 0 Å². The summed E-state index contributed by atoms with van der Waals surface area (Å²) in [5.41, 5.74) is -0.175. The first kappa shape index (κ1) is 18.9. The van der Waals surface area contributed by atoms with Crippen LogP contribution < -0.4 is 21.3 Å². The van der Waals surface area contributed by atoms with E-state index in [1.165, 1.54) is 7.05 Å². The Labute approximate surface area is 126 Å². The number of carbonyl (C=O) groups is 4. The standard InChI is InChI=1S/C12H17N5O5/c1-3-8(15-5-9(18)16-6-10(19)20)7(4-13)11(21)17-12(22)14-2/h15H,3,5-6H2,1-2H3,(H,16,18)(H,19,20)(H2,14,17,21,22). The first-order chi connectivity index (χ1) is 10.3. The molecule has 0 aromatic rings. The van der Waals surface area contributed by atoms with Crippen LogP contribution in [0.1, 0.15) is 13.3 Å².